The lowest BCUT2D eigenvalue weighted by Gasteiger charge is -2.04. The predicted octanol–water partition coefficient (Wildman–Crippen LogP) is 2.62. The summed E-state index contributed by atoms with van der Waals surface area (Å²) in [5, 5.41) is 12.4. The van der Waals surface area contributed by atoms with Crippen LogP contribution in [0, 0.1) is 6.92 Å². The fraction of sp³-hybridized carbons (Fsp3) is 0.0769. The fourth-order valence-corrected chi connectivity index (χ4v) is 1.55. The molecule has 0 spiro atoms. The summed E-state index contributed by atoms with van der Waals surface area (Å²) in [6.07, 6.45) is 1.68. The van der Waals surface area contributed by atoms with Gasteiger partial charge in [-0.05, 0) is 25.1 Å². The van der Waals surface area contributed by atoms with Gasteiger partial charge in [-0.15, -0.1) is 0 Å². The second-order valence-electron chi connectivity index (χ2n) is 3.53. The van der Waals surface area contributed by atoms with Gasteiger partial charge in [-0.1, -0.05) is 35.0 Å². The van der Waals surface area contributed by atoms with E-state index in [2.05, 4.69) is 10.1 Å². The molecule has 0 aliphatic heterocycles. The van der Waals surface area contributed by atoms with Crippen molar-refractivity contribution in [1.82, 2.24) is 4.98 Å². The first-order valence-electron chi connectivity index (χ1n) is 5.02. The number of rotatable bonds is 2. The lowest BCUT2D eigenvalue weighted by atomic mass is 10.0. The summed E-state index contributed by atoms with van der Waals surface area (Å²) < 4.78 is 0. The van der Waals surface area contributed by atoms with Crippen molar-refractivity contribution < 1.29 is 5.21 Å². The minimum absolute atomic E-state index is 0.490. The van der Waals surface area contributed by atoms with Crippen molar-refractivity contribution >= 4 is 5.71 Å². The van der Waals surface area contributed by atoms with Crippen molar-refractivity contribution in [2.24, 2.45) is 5.16 Å². The molecule has 0 aliphatic carbocycles. The number of nitrogens with zero attached hydrogens (tertiary/aromatic N) is 2. The SMILES string of the molecule is Cc1cccc(/C(=N/O)c2ccccn2)c1. The van der Waals surface area contributed by atoms with E-state index in [1.54, 1.807) is 6.20 Å². The Hall–Kier alpha value is -2.16. The summed E-state index contributed by atoms with van der Waals surface area (Å²) in [6, 6.07) is 13.3. The van der Waals surface area contributed by atoms with Crippen LogP contribution in [0.15, 0.2) is 53.8 Å². The number of oxime groups is 1. The highest BCUT2D eigenvalue weighted by Gasteiger charge is 2.08. The largest absolute Gasteiger partial charge is 0.410 e. The maximum Gasteiger partial charge on any atom is 0.135 e. The smallest absolute Gasteiger partial charge is 0.135 e. The van der Waals surface area contributed by atoms with Crippen LogP contribution in [0.2, 0.25) is 0 Å². The Balaban J connectivity index is 2.46. The minimum Gasteiger partial charge on any atom is -0.410 e. The van der Waals surface area contributed by atoms with Crippen LogP contribution in [0.3, 0.4) is 0 Å². The normalized spacial score (nSPS) is 11.4. The van der Waals surface area contributed by atoms with E-state index in [4.69, 9.17) is 5.21 Å². The average Bonchev–Trinajstić information content (AvgIpc) is 2.31. The average molecular weight is 212 g/mol. The van der Waals surface area contributed by atoms with E-state index in [9.17, 15) is 0 Å². The fourth-order valence-electron chi connectivity index (χ4n) is 1.55. The van der Waals surface area contributed by atoms with Gasteiger partial charge < -0.3 is 5.21 Å². The van der Waals surface area contributed by atoms with Gasteiger partial charge in [-0.25, -0.2) is 0 Å². The van der Waals surface area contributed by atoms with Gasteiger partial charge >= 0.3 is 0 Å². The summed E-state index contributed by atoms with van der Waals surface area (Å²) in [4.78, 5) is 4.17. The van der Waals surface area contributed by atoms with Gasteiger partial charge in [0.15, 0.2) is 0 Å². The molecule has 0 fully saturated rings. The maximum atomic E-state index is 9.07. The molecule has 0 saturated heterocycles. The second-order valence-corrected chi connectivity index (χ2v) is 3.53. The molecule has 0 atom stereocenters. The summed E-state index contributed by atoms with van der Waals surface area (Å²) in [5.41, 5.74) is 3.13. The molecule has 0 radical (unpaired) electrons. The predicted molar refractivity (Wildman–Crippen MR) is 62.8 cm³/mol. The highest BCUT2D eigenvalue weighted by atomic mass is 16.4. The van der Waals surface area contributed by atoms with Crippen LogP contribution < -0.4 is 0 Å². The first kappa shape index (κ1) is 10.4. The van der Waals surface area contributed by atoms with Crippen LogP contribution >= 0.6 is 0 Å². The summed E-state index contributed by atoms with van der Waals surface area (Å²) in [5.74, 6) is 0. The van der Waals surface area contributed by atoms with Crippen molar-refractivity contribution in [3.05, 3.63) is 65.5 Å². The third-order valence-corrected chi connectivity index (χ3v) is 2.30. The van der Waals surface area contributed by atoms with Crippen molar-refractivity contribution in [2.75, 3.05) is 0 Å². The van der Waals surface area contributed by atoms with E-state index in [1.807, 2.05) is 49.4 Å². The van der Waals surface area contributed by atoms with Crippen LogP contribution in [0.5, 0.6) is 0 Å². The van der Waals surface area contributed by atoms with Crippen LogP contribution in [-0.2, 0) is 0 Å². The molecule has 0 unspecified atom stereocenters. The second kappa shape index (κ2) is 4.57. The van der Waals surface area contributed by atoms with Crippen molar-refractivity contribution in [3.63, 3.8) is 0 Å². The lowest BCUT2D eigenvalue weighted by Crippen LogP contribution is -2.05. The zero-order valence-electron chi connectivity index (χ0n) is 8.96. The van der Waals surface area contributed by atoms with Gasteiger partial charge in [0.05, 0.1) is 5.69 Å². The highest BCUT2D eigenvalue weighted by Crippen LogP contribution is 2.10. The molecule has 1 heterocycles. The number of aromatic nitrogens is 1. The Kier molecular flexibility index (Phi) is 2.96. The lowest BCUT2D eigenvalue weighted by molar-refractivity contribution is 0.319. The summed E-state index contributed by atoms with van der Waals surface area (Å²) in [6.45, 7) is 2.00. The van der Waals surface area contributed by atoms with E-state index >= 15 is 0 Å². The maximum absolute atomic E-state index is 9.07. The molecule has 3 nitrogen and oxygen atoms in total. The quantitative estimate of drug-likeness (QED) is 0.472. The molecule has 16 heavy (non-hydrogen) atoms. The number of benzene rings is 1. The molecule has 1 N–H and O–H groups in total. The Morgan fingerprint density at radius 2 is 2.06 bits per heavy atom. The topological polar surface area (TPSA) is 45.5 Å². The summed E-state index contributed by atoms with van der Waals surface area (Å²) in [7, 11) is 0. The van der Waals surface area contributed by atoms with Crippen LogP contribution in [-0.4, -0.2) is 15.9 Å². The number of hydrogen-bond donors (Lipinski definition) is 1. The van der Waals surface area contributed by atoms with E-state index in [0.29, 0.717) is 11.4 Å². The molecular formula is C13H12N2O. The molecule has 0 bridgehead atoms. The molecular weight excluding hydrogens is 200 g/mol. The minimum atomic E-state index is 0.490. The van der Waals surface area contributed by atoms with Crippen LogP contribution in [0.25, 0.3) is 0 Å². The zero-order chi connectivity index (χ0) is 11.4. The molecule has 0 aliphatic rings. The van der Waals surface area contributed by atoms with Crippen molar-refractivity contribution in [1.29, 1.82) is 0 Å². The Bertz CT molecular complexity index is 506. The molecule has 80 valence electrons. The van der Waals surface area contributed by atoms with Crippen molar-refractivity contribution in [3.8, 4) is 0 Å². The van der Waals surface area contributed by atoms with Gasteiger partial charge in [0, 0.05) is 11.8 Å². The Morgan fingerprint density at radius 1 is 1.19 bits per heavy atom. The highest BCUT2D eigenvalue weighted by molar-refractivity contribution is 6.11. The first-order chi connectivity index (χ1) is 7.81. The first-order valence-corrected chi connectivity index (χ1v) is 5.02. The van der Waals surface area contributed by atoms with Gasteiger partial charge in [0.25, 0.3) is 0 Å². The monoisotopic (exact) mass is 212 g/mol. The number of hydrogen-bond acceptors (Lipinski definition) is 3. The van der Waals surface area contributed by atoms with Crippen LogP contribution in [0.1, 0.15) is 16.8 Å². The molecule has 1 aromatic heterocycles. The standard InChI is InChI=1S/C13H12N2O/c1-10-5-4-6-11(9-10)13(15-16)12-7-2-3-8-14-12/h2-9,16H,1H3/b15-13-. The van der Waals surface area contributed by atoms with E-state index in [0.717, 1.165) is 11.1 Å². The Labute approximate surface area is 94.1 Å². The van der Waals surface area contributed by atoms with Gasteiger partial charge in [0.2, 0.25) is 0 Å². The Morgan fingerprint density at radius 3 is 2.69 bits per heavy atom. The van der Waals surface area contributed by atoms with Gasteiger partial charge in [0.1, 0.15) is 5.71 Å². The van der Waals surface area contributed by atoms with E-state index < -0.39 is 0 Å². The van der Waals surface area contributed by atoms with Gasteiger partial charge in [-0.2, -0.15) is 0 Å². The third-order valence-electron chi connectivity index (χ3n) is 2.30. The van der Waals surface area contributed by atoms with Crippen molar-refractivity contribution in [2.45, 2.75) is 6.92 Å². The number of aryl methyl sites for hydroxylation is 1. The summed E-state index contributed by atoms with van der Waals surface area (Å²) >= 11 is 0. The molecule has 2 rings (SSSR count). The molecule has 2 aromatic rings. The van der Waals surface area contributed by atoms with E-state index in [1.165, 1.54) is 0 Å². The zero-order valence-corrected chi connectivity index (χ0v) is 8.96. The number of pyridine rings is 1. The molecule has 0 saturated carbocycles. The molecule has 3 heteroatoms. The molecule has 0 amide bonds. The van der Waals surface area contributed by atoms with Gasteiger partial charge in [-0.3, -0.25) is 4.98 Å². The molecule has 1 aromatic carbocycles. The third kappa shape index (κ3) is 2.08. The van der Waals surface area contributed by atoms with E-state index in [-0.39, 0.29) is 0 Å². The van der Waals surface area contributed by atoms with Crippen LogP contribution in [0.4, 0.5) is 0 Å².